The van der Waals surface area contributed by atoms with Crippen LogP contribution in [0.4, 0.5) is 5.82 Å². The van der Waals surface area contributed by atoms with Gasteiger partial charge in [-0.15, -0.1) is 12.4 Å². The van der Waals surface area contributed by atoms with Crippen LogP contribution in [-0.4, -0.2) is 28.3 Å². The SMILES string of the molecule is C[C@H]1C[C@@H](C(=O)Nc2cc(C3CCCC3)nn2-c2ccccc2)CCN1.Cl. The first-order valence-corrected chi connectivity index (χ1v) is 9.90. The fourth-order valence-electron chi connectivity index (χ4n) is 4.27. The minimum Gasteiger partial charge on any atom is -0.314 e. The molecule has 0 unspecified atom stereocenters. The molecular weight excluding hydrogens is 360 g/mol. The van der Waals surface area contributed by atoms with E-state index in [9.17, 15) is 4.79 Å². The second-order valence-corrected chi connectivity index (χ2v) is 7.75. The Morgan fingerprint density at radius 1 is 1.19 bits per heavy atom. The number of nitrogens with zero attached hydrogens (tertiary/aromatic N) is 2. The average Bonchev–Trinajstić information content (AvgIpc) is 3.32. The predicted molar refractivity (Wildman–Crippen MR) is 111 cm³/mol. The van der Waals surface area contributed by atoms with Crippen LogP contribution in [0.5, 0.6) is 0 Å². The zero-order valence-electron chi connectivity index (χ0n) is 15.9. The van der Waals surface area contributed by atoms with Crippen molar-refractivity contribution in [3.05, 3.63) is 42.1 Å². The maximum atomic E-state index is 12.8. The predicted octanol–water partition coefficient (Wildman–Crippen LogP) is 4.28. The summed E-state index contributed by atoms with van der Waals surface area (Å²) in [6, 6.07) is 12.6. The highest BCUT2D eigenvalue weighted by Gasteiger charge is 2.27. The van der Waals surface area contributed by atoms with Gasteiger partial charge in [-0.05, 0) is 51.3 Å². The van der Waals surface area contributed by atoms with Gasteiger partial charge in [0, 0.05) is 23.9 Å². The molecule has 4 rings (SSSR count). The van der Waals surface area contributed by atoms with Crippen LogP contribution in [0.3, 0.4) is 0 Å². The summed E-state index contributed by atoms with van der Waals surface area (Å²) >= 11 is 0. The molecule has 2 atom stereocenters. The molecule has 1 aromatic heterocycles. The summed E-state index contributed by atoms with van der Waals surface area (Å²) in [6.45, 7) is 3.05. The van der Waals surface area contributed by atoms with Crippen LogP contribution in [-0.2, 0) is 4.79 Å². The molecule has 0 radical (unpaired) electrons. The Labute approximate surface area is 167 Å². The van der Waals surface area contributed by atoms with E-state index in [0.29, 0.717) is 12.0 Å². The van der Waals surface area contributed by atoms with Crippen LogP contribution in [0.15, 0.2) is 36.4 Å². The van der Waals surface area contributed by atoms with Crippen LogP contribution >= 0.6 is 12.4 Å². The lowest BCUT2D eigenvalue weighted by Gasteiger charge is -2.27. The van der Waals surface area contributed by atoms with E-state index in [4.69, 9.17) is 5.10 Å². The van der Waals surface area contributed by atoms with Crippen LogP contribution in [0, 0.1) is 5.92 Å². The second kappa shape index (κ2) is 8.89. The number of amides is 1. The molecule has 2 aromatic rings. The van der Waals surface area contributed by atoms with E-state index in [-0.39, 0.29) is 24.2 Å². The van der Waals surface area contributed by atoms with Crippen molar-refractivity contribution in [2.24, 2.45) is 5.92 Å². The van der Waals surface area contributed by atoms with Gasteiger partial charge in [-0.3, -0.25) is 4.79 Å². The molecule has 2 aliphatic rings. The number of para-hydroxylation sites is 1. The monoisotopic (exact) mass is 388 g/mol. The molecule has 1 saturated heterocycles. The lowest BCUT2D eigenvalue weighted by atomic mass is 9.92. The van der Waals surface area contributed by atoms with E-state index in [1.54, 1.807) is 0 Å². The Morgan fingerprint density at radius 3 is 2.63 bits per heavy atom. The smallest absolute Gasteiger partial charge is 0.228 e. The molecule has 1 aliphatic heterocycles. The first-order chi connectivity index (χ1) is 12.7. The van der Waals surface area contributed by atoms with Gasteiger partial charge in [0.05, 0.1) is 11.4 Å². The summed E-state index contributed by atoms with van der Waals surface area (Å²) in [4.78, 5) is 12.8. The first kappa shape index (κ1) is 19.9. The third-order valence-electron chi connectivity index (χ3n) is 5.75. The summed E-state index contributed by atoms with van der Waals surface area (Å²) in [5.74, 6) is 1.51. The summed E-state index contributed by atoms with van der Waals surface area (Å²) in [7, 11) is 0. The number of carbonyl (C=O) groups is 1. The number of piperidine rings is 1. The molecule has 146 valence electrons. The number of hydrogen-bond donors (Lipinski definition) is 2. The van der Waals surface area contributed by atoms with Crippen LogP contribution in [0.2, 0.25) is 0 Å². The van der Waals surface area contributed by atoms with Gasteiger partial charge < -0.3 is 10.6 Å². The number of halogens is 1. The summed E-state index contributed by atoms with van der Waals surface area (Å²) < 4.78 is 1.90. The lowest BCUT2D eigenvalue weighted by Crippen LogP contribution is -2.40. The summed E-state index contributed by atoms with van der Waals surface area (Å²) in [5, 5.41) is 11.5. The largest absolute Gasteiger partial charge is 0.314 e. The Hall–Kier alpha value is -1.85. The Balaban J connectivity index is 0.00000210. The average molecular weight is 389 g/mol. The quantitative estimate of drug-likeness (QED) is 0.821. The number of carbonyl (C=O) groups excluding carboxylic acids is 1. The van der Waals surface area contributed by atoms with Crippen molar-refractivity contribution in [2.45, 2.75) is 57.4 Å². The molecule has 0 bridgehead atoms. The van der Waals surface area contributed by atoms with Gasteiger partial charge in [-0.25, -0.2) is 4.68 Å². The van der Waals surface area contributed by atoms with E-state index in [2.05, 4.69) is 23.6 Å². The van der Waals surface area contributed by atoms with E-state index in [1.165, 1.54) is 25.7 Å². The van der Waals surface area contributed by atoms with Gasteiger partial charge in [0.25, 0.3) is 0 Å². The lowest BCUT2D eigenvalue weighted by molar-refractivity contribution is -0.120. The fourth-order valence-corrected chi connectivity index (χ4v) is 4.27. The number of benzene rings is 1. The molecule has 5 nitrogen and oxygen atoms in total. The third kappa shape index (κ3) is 4.53. The second-order valence-electron chi connectivity index (χ2n) is 7.75. The van der Waals surface area contributed by atoms with Crippen LogP contribution in [0.1, 0.15) is 57.1 Å². The van der Waals surface area contributed by atoms with Crippen molar-refractivity contribution < 1.29 is 4.79 Å². The third-order valence-corrected chi connectivity index (χ3v) is 5.75. The van der Waals surface area contributed by atoms with Crippen molar-refractivity contribution >= 4 is 24.1 Å². The number of nitrogens with one attached hydrogen (secondary N) is 2. The van der Waals surface area contributed by atoms with Gasteiger partial charge in [-0.1, -0.05) is 31.0 Å². The van der Waals surface area contributed by atoms with Crippen molar-refractivity contribution in [3.63, 3.8) is 0 Å². The minimum absolute atomic E-state index is 0. The molecule has 0 spiro atoms. The molecule has 1 amide bonds. The minimum atomic E-state index is 0. The van der Waals surface area contributed by atoms with Gasteiger partial charge in [0.2, 0.25) is 5.91 Å². The molecular formula is C21H29ClN4O. The van der Waals surface area contributed by atoms with Crippen molar-refractivity contribution in [1.82, 2.24) is 15.1 Å². The highest BCUT2D eigenvalue weighted by Crippen LogP contribution is 2.35. The Morgan fingerprint density at radius 2 is 1.93 bits per heavy atom. The summed E-state index contributed by atoms with van der Waals surface area (Å²) in [5.41, 5.74) is 2.10. The van der Waals surface area contributed by atoms with Crippen LogP contribution in [0.25, 0.3) is 5.69 Å². The maximum Gasteiger partial charge on any atom is 0.228 e. The fraction of sp³-hybridized carbons (Fsp3) is 0.524. The molecule has 2 N–H and O–H groups in total. The highest BCUT2D eigenvalue weighted by atomic mass is 35.5. The Kier molecular flexibility index (Phi) is 6.55. The van der Waals surface area contributed by atoms with Crippen molar-refractivity contribution in [3.8, 4) is 5.69 Å². The number of hydrogen-bond acceptors (Lipinski definition) is 3. The standard InChI is InChI=1S/C21H28N4O.ClH/c1-15-13-17(11-12-22-15)21(26)23-20-14-19(16-7-5-6-8-16)24-25(20)18-9-3-2-4-10-18;/h2-4,9-10,14-17,22H,5-8,11-13H2,1H3,(H,23,26);1H/t15-,17-;/m0./s1. The molecule has 27 heavy (non-hydrogen) atoms. The van der Waals surface area contributed by atoms with Gasteiger partial charge >= 0.3 is 0 Å². The van der Waals surface area contributed by atoms with Gasteiger partial charge in [0.1, 0.15) is 5.82 Å². The molecule has 1 aliphatic carbocycles. The first-order valence-electron chi connectivity index (χ1n) is 9.90. The molecule has 6 heteroatoms. The van der Waals surface area contributed by atoms with E-state index < -0.39 is 0 Å². The van der Waals surface area contributed by atoms with E-state index >= 15 is 0 Å². The molecule has 2 heterocycles. The zero-order valence-corrected chi connectivity index (χ0v) is 16.7. The topological polar surface area (TPSA) is 59.0 Å². The van der Waals surface area contributed by atoms with Crippen LogP contribution < -0.4 is 10.6 Å². The molecule has 1 aromatic carbocycles. The number of rotatable bonds is 4. The van der Waals surface area contributed by atoms with E-state index in [1.807, 2.05) is 35.0 Å². The number of anilines is 1. The van der Waals surface area contributed by atoms with Gasteiger partial charge in [0.15, 0.2) is 0 Å². The molecule has 1 saturated carbocycles. The maximum absolute atomic E-state index is 12.8. The van der Waals surface area contributed by atoms with Crippen molar-refractivity contribution in [1.29, 1.82) is 0 Å². The zero-order chi connectivity index (χ0) is 17.9. The Bertz CT molecular complexity index is 755. The summed E-state index contributed by atoms with van der Waals surface area (Å²) in [6.07, 6.45) is 6.73. The van der Waals surface area contributed by atoms with Crippen molar-refractivity contribution in [2.75, 3.05) is 11.9 Å². The molecule has 2 fully saturated rings. The van der Waals surface area contributed by atoms with E-state index in [0.717, 1.165) is 36.6 Å². The number of aromatic nitrogens is 2. The normalized spacial score (nSPS) is 23.0. The highest BCUT2D eigenvalue weighted by molar-refractivity contribution is 5.92. The van der Waals surface area contributed by atoms with Gasteiger partial charge in [-0.2, -0.15) is 5.10 Å².